The summed E-state index contributed by atoms with van der Waals surface area (Å²) in [6.07, 6.45) is 0.881. The van der Waals surface area contributed by atoms with Gasteiger partial charge < -0.3 is 10.6 Å². The highest BCUT2D eigenvalue weighted by Gasteiger charge is 2.23. The number of carbonyl (C=O) groups excluding carboxylic acids is 1. The smallest absolute Gasteiger partial charge is 0.236 e. The van der Waals surface area contributed by atoms with E-state index in [0.717, 1.165) is 6.42 Å². The molecular weight excluding hydrogens is 257 g/mol. The van der Waals surface area contributed by atoms with Crippen molar-refractivity contribution in [2.75, 3.05) is 33.7 Å². The maximum atomic E-state index is 13.9. The summed E-state index contributed by atoms with van der Waals surface area (Å²) in [6, 6.07) is 6.33. The summed E-state index contributed by atoms with van der Waals surface area (Å²) >= 11 is 0. The molecule has 0 spiro atoms. The molecule has 20 heavy (non-hydrogen) atoms. The maximum absolute atomic E-state index is 13.9. The fraction of sp³-hybridized carbons (Fsp3) is 0.533. The van der Waals surface area contributed by atoms with Crippen LogP contribution in [0.15, 0.2) is 24.3 Å². The van der Waals surface area contributed by atoms with Crippen LogP contribution in [0.2, 0.25) is 0 Å². The molecule has 1 unspecified atom stereocenters. The van der Waals surface area contributed by atoms with Crippen LogP contribution in [-0.4, -0.2) is 49.4 Å². The average molecular weight is 281 g/mol. The van der Waals surface area contributed by atoms with Crippen molar-refractivity contribution in [1.29, 1.82) is 0 Å². The quantitative estimate of drug-likeness (QED) is 0.826. The fourth-order valence-corrected chi connectivity index (χ4v) is 2.17. The number of benzene rings is 1. The fourth-order valence-electron chi connectivity index (χ4n) is 2.17. The summed E-state index contributed by atoms with van der Waals surface area (Å²) in [5.74, 6) is -0.283. The van der Waals surface area contributed by atoms with Crippen LogP contribution in [0.25, 0.3) is 0 Å². The number of carbonyl (C=O) groups is 1. The molecule has 1 rings (SSSR count). The molecule has 0 aliphatic rings. The van der Waals surface area contributed by atoms with Crippen molar-refractivity contribution in [3.63, 3.8) is 0 Å². The number of amides is 1. The van der Waals surface area contributed by atoms with Gasteiger partial charge >= 0.3 is 0 Å². The van der Waals surface area contributed by atoms with Crippen LogP contribution in [-0.2, 0) is 4.79 Å². The van der Waals surface area contributed by atoms with Gasteiger partial charge in [0.15, 0.2) is 0 Å². The third-order valence-electron chi connectivity index (χ3n) is 3.28. The number of likely N-dealkylation sites (N-methyl/N-ethyl adjacent to an activating group) is 1. The van der Waals surface area contributed by atoms with E-state index >= 15 is 0 Å². The van der Waals surface area contributed by atoms with Gasteiger partial charge in [-0.2, -0.15) is 0 Å². The van der Waals surface area contributed by atoms with Crippen LogP contribution in [0.4, 0.5) is 4.39 Å². The van der Waals surface area contributed by atoms with Crippen LogP contribution in [0.3, 0.4) is 0 Å². The number of nitrogens with zero attached hydrogens (tertiary/aromatic N) is 2. The zero-order valence-electron chi connectivity index (χ0n) is 12.5. The summed E-state index contributed by atoms with van der Waals surface area (Å²) in [5.41, 5.74) is 6.37. The molecule has 0 radical (unpaired) electrons. The molecule has 4 nitrogen and oxygen atoms in total. The second-order valence-corrected chi connectivity index (χ2v) is 5.03. The number of rotatable bonds is 7. The Labute approximate surface area is 120 Å². The van der Waals surface area contributed by atoms with E-state index in [1.54, 1.807) is 32.3 Å². The van der Waals surface area contributed by atoms with Crippen molar-refractivity contribution < 1.29 is 9.18 Å². The Bertz CT molecular complexity index is 437. The zero-order valence-corrected chi connectivity index (χ0v) is 12.5. The lowest BCUT2D eigenvalue weighted by atomic mass is 10.0. The van der Waals surface area contributed by atoms with Gasteiger partial charge in [0.2, 0.25) is 5.91 Å². The predicted molar refractivity (Wildman–Crippen MR) is 78.8 cm³/mol. The summed E-state index contributed by atoms with van der Waals surface area (Å²) in [6.45, 7) is 3.26. The Morgan fingerprint density at radius 3 is 2.50 bits per heavy atom. The molecule has 0 aliphatic carbocycles. The minimum absolute atomic E-state index is 0.00626. The van der Waals surface area contributed by atoms with E-state index in [0.29, 0.717) is 12.1 Å². The standard InChI is InChI=1S/C15H24FN3O/c1-4-9-19(11-15(20)18(2)3)14(10-17)12-7-5-6-8-13(12)16/h5-8,14H,4,9-11,17H2,1-3H3. The van der Waals surface area contributed by atoms with Gasteiger partial charge in [-0.3, -0.25) is 9.69 Å². The molecule has 1 atom stereocenters. The molecule has 0 fully saturated rings. The molecule has 0 saturated carbocycles. The minimum atomic E-state index is -0.278. The summed E-state index contributed by atoms with van der Waals surface area (Å²) in [4.78, 5) is 15.4. The second kappa shape index (κ2) is 7.97. The van der Waals surface area contributed by atoms with Gasteiger partial charge in [-0.25, -0.2) is 4.39 Å². The van der Waals surface area contributed by atoms with Crippen molar-refractivity contribution in [2.45, 2.75) is 19.4 Å². The van der Waals surface area contributed by atoms with Gasteiger partial charge in [-0.15, -0.1) is 0 Å². The van der Waals surface area contributed by atoms with Crippen molar-refractivity contribution in [1.82, 2.24) is 9.80 Å². The molecule has 1 amide bonds. The molecule has 0 heterocycles. The van der Waals surface area contributed by atoms with Crippen molar-refractivity contribution in [3.05, 3.63) is 35.6 Å². The van der Waals surface area contributed by atoms with Gasteiger partial charge in [-0.05, 0) is 19.0 Å². The van der Waals surface area contributed by atoms with Gasteiger partial charge in [0.25, 0.3) is 0 Å². The first-order valence-corrected chi connectivity index (χ1v) is 6.89. The molecule has 0 aromatic heterocycles. The zero-order chi connectivity index (χ0) is 15.1. The molecule has 1 aromatic carbocycles. The topological polar surface area (TPSA) is 49.6 Å². The maximum Gasteiger partial charge on any atom is 0.236 e. The Morgan fingerprint density at radius 1 is 1.35 bits per heavy atom. The Kier molecular flexibility index (Phi) is 6.61. The van der Waals surface area contributed by atoms with Crippen LogP contribution in [0.1, 0.15) is 24.9 Å². The average Bonchev–Trinajstić information content (AvgIpc) is 2.41. The highest BCUT2D eigenvalue weighted by molar-refractivity contribution is 5.77. The molecular formula is C15H24FN3O. The number of hydrogen-bond donors (Lipinski definition) is 1. The number of nitrogens with two attached hydrogens (primary N) is 1. The molecule has 1 aromatic rings. The van der Waals surface area contributed by atoms with E-state index in [-0.39, 0.29) is 30.9 Å². The summed E-state index contributed by atoms with van der Waals surface area (Å²) < 4.78 is 13.9. The predicted octanol–water partition coefficient (Wildman–Crippen LogP) is 1.63. The summed E-state index contributed by atoms with van der Waals surface area (Å²) in [5, 5.41) is 0. The highest BCUT2D eigenvalue weighted by atomic mass is 19.1. The highest BCUT2D eigenvalue weighted by Crippen LogP contribution is 2.22. The van der Waals surface area contributed by atoms with E-state index in [1.807, 2.05) is 11.8 Å². The van der Waals surface area contributed by atoms with E-state index in [4.69, 9.17) is 5.73 Å². The Balaban J connectivity index is 2.97. The summed E-state index contributed by atoms with van der Waals surface area (Å²) in [7, 11) is 3.43. The molecule has 0 aliphatic heterocycles. The van der Waals surface area contributed by atoms with Crippen LogP contribution in [0.5, 0.6) is 0 Å². The van der Waals surface area contributed by atoms with Crippen LogP contribution in [0, 0.1) is 5.82 Å². The van der Waals surface area contributed by atoms with Gasteiger partial charge in [0.05, 0.1) is 12.6 Å². The van der Waals surface area contributed by atoms with Crippen molar-refractivity contribution >= 4 is 5.91 Å². The lowest BCUT2D eigenvalue weighted by molar-refractivity contribution is -0.130. The normalized spacial score (nSPS) is 12.5. The van der Waals surface area contributed by atoms with Crippen molar-refractivity contribution in [2.24, 2.45) is 5.73 Å². The Morgan fingerprint density at radius 2 is 2.00 bits per heavy atom. The molecule has 112 valence electrons. The number of halogens is 1. The first kappa shape index (κ1) is 16.6. The van der Waals surface area contributed by atoms with Crippen LogP contribution >= 0.6 is 0 Å². The molecule has 0 saturated heterocycles. The monoisotopic (exact) mass is 281 g/mol. The SMILES string of the molecule is CCCN(CC(=O)N(C)C)C(CN)c1ccccc1F. The first-order chi connectivity index (χ1) is 9.51. The van der Waals surface area contributed by atoms with E-state index in [9.17, 15) is 9.18 Å². The van der Waals surface area contributed by atoms with Gasteiger partial charge in [-0.1, -0.05) is 25.1 Å². The molecule has 5 heteroatoms. The largest absolute Gasteiger partial charge is 0.348 e. The number of hydrogen-bond acceptors (Lipinski definition) is 3. The van der Waals surface area contributed by atoms with E-state index in [2.05, 4.69) is 0 Å². The lowest BCUT2D eigenvalue weighted by Crippen LogP contribution is -2.42. The van der Waals surface area contributed by atoms with Gasteiger partial charge in [0, 0.05) is 26.2 Å². The molecule has 0 bridgehead atoms. The second-order valence-electron chi connectivity index (χ2n) is 5.03. The molecule has 2 N–H and O–H groups in total. The first-order valence-electron chi connectivity index (χ1n) is 6.89. The lowest BCUT2D eigenvalue weighted by Gasteiger charge is -2.31. The third kappa shape index (κ3) is 4.28. The Hall–Kier alpha value is -1.46. The third-order valence-corrected chi connectivity index (χ3v) is 3.28. The van der Waals surface area contributed by atoms with Crippen LogP contribution < -0.4 is 5.73 Å². The van der Waals surface area contributed by atoms with Gasteiger partial charge in [0.1, 0.15) is 5.82 Å². The minimum Gasteiger partial charge on any atom is -0.348 e. The van der Waals surface area contributed by atoms with E-state index < -0.39 is 0 Å². The van der Waals surface area contributed by atoms with Crippen molar-refractivity contribution in [3.8, 4) is 0 Å². The van der Waals surface area contributed by atoms with E-state index in [1.165, 1.54) is 11.0 Å².